The second-order valence-corrected chi connectivity index (χ2v) is 1.25. The molecule has 0 heterocycles. The molecule has 3 nitrogen and oxygen atoms in total. The second-order valence-electron chi connectivity index (χ2n) is 1.25. The Morgan fingerprint density at radius 2 is 1.83 bits per heavy atom. The Balaban J connectivity index is 3.68. The van der Waals surface area contributed by atoms with Gasteiger partial charge >= 0.3 is 0 Å². The van der Waals surface area contributed by atoms with Crippen LogP contribution in [0.1, 0.15) is 6.92 Å². The lowest BCUT2D eigenvalue weighted by molar-refractivity contribution is -0.510. The highest BCUT2D eigenvalue weighted by molar-refractivity contribution is 5.71. The molecule has 0 unspecified atom stereocenters. The van der Waals surface area contributed by atoms with Crippen molar-refractivity contribution in [3.8, 4) is 0 Å². The molecular formula is C3H10N3+. The van der Waals surface area contributed by atoms with Crippen molar-refractivity contribution >= 4 is 5.84 Å². The SMILES string of the molecule is C/C(N)=[N+](/C)N. The molecule has 0 fully saturated rings. The molecule has 0 aromatic rings. The smallest absolute Gasteiger partial charge is 0.262 e. The molecule has 0 spiro atoms. The first kappa shape index (κ1) is 5.27. The molecule has 3 heteroatoms. The molecule has 0 saturated carbocycles. The van der Waals surface area contributed by atoms with Crippen LogP contribution in [0.2, 0.25) is 0 Å². The summed E-state index contributed by atoms with van der Waals surface area (Å²) >= 11 is 0. The van der Waals surface area contributed by atoms with Gasteiger partial charge in [0.15, 0.2) is 0 Å². The molecule has 0 aromatic carbocycles. The second kappa shape index (κ2) is 1.64. The minimum atomic E-state index is 0.620. The topological polar surface area (TPSA) is 55.0 Å². The highest BCUT2D eigenvalue weighted by Gasteiger charge is 1.83. The lowest BCUT2D eigenvalue weighted by Gasteiger charge is -1.85. The summed E-state index contributed by atoms with van der Waals surface area (Å²) in [6, 6.07) is 0. The Kier molecular flexibility index (Phi) is 1.44. The molecule has 0 aliphatic heterocycles. The molecule has 4 N–H and O–H groups in total. The van der Waals surface area contributed by atoms with Crippen LogP contribution in [0.3, 0.4) is 0 Å². The van der Waals surface area contributed by atoms with E-state index in [0.29, 0.717) is 5.84 Å². The van der Waals surface area contributed by atoms with Gasteiger partial charge in [0.2, 0.25) is 0 Å². The molecular weight excluding hydrogens is 78.1 g/mol. The number of hydrazine groups is 1. The van der Waals surface area contributed by atoms with Gasteiger partial charge in [-0.15, -0.1) is 0 Å². The maximum atomic E-state index is 5.15. The van der Waals surface area contributed by atoms with Crippen molar-refractivity contribution in [1.29, 1.82) is 0 Å². The van der Waals surface area contributed by atoms with Crippen LogP contribution in [0.25, 0.3) is 0 Å². The summed E-state index contributed by atoms with van der Waals surface area (Å²) in [4.78, 5) is 0. The molecule has 0 aliphatic carbocycles. The molecule has 0 aromatic heterocycles. The van der Waals surface area contributed by atoms with Crippen molar-refractivity contribution < 1.29 is 4.68 Å². The third-order valence-corrected chi connectivity index (χ3v) is 0.556. The predicted molar refractivity (Wildman–Crippen MR) is 25.2 cm³/mol. The minimum Gasteiger partial charge on any atom is -0.290 e. The lowest BCUT2D eigenvalue weighted by Crippen LogP contribution is -2.27. The van der Waals surface area contributed by atoms with Gasteiger partial charge in [0.1, 0.15) is 0 Å². The summed E-state index contributed by atoms with van der Waals surface area (Å²) in [5.74, 6) is 5.73. The van der Waals surface area contributed by atoms with Crippen LogP contribution < -0.4 is 11.6 Å². The van der Waals surface area contributed by atoms with E-state index in [1.807, 2.05) is 0 Å². The Morgan fingerprint density at radius 3 is 1.83 bits per heavy atom. The van der Waals surface area contributed by atoms with E-state index in [9.17, 15) is 0 Å². The zero-order valence-corrected chi connectivity index (χ0v) is 4.10. The summed E-state index contributed by atoms with van der Waals surface area (Å²) in [5.41, 5.74) is 5.15. The van der Waals surface area contributed by atoms with Crippen LogP contribution in [0.4, 0.5) is 0 Å². The first-order valence-electron chi connectivity index (χ1n) is 1.72. The molecule has 0 saturated heterocycles. The van der Waals surface area contributed by atoms with Gasteiger partial charge in [-0.1, -0.05) is 0 Å². The Hall–Kier alpha value is -0.730. The van der Waals surface area contributed by atoms with Gasteiger partial charge in [-0.05, 0) is 0 Å². The number of hydrogen-bond acceptors (Lipinski definition) is 1. The number of hydrazone groups is 1. The van der Waals surface area contributed by atoms with Crippen molar-refractivity contribution in [3.63, 3.8) is 0 Å². The monoisotopic (exact) mass is 88.1 g/mol. The standard InChI is InChI=1S/C3H9N3/c1-3(4)6(2)5/h4H,5H2,1-2H3/p+1. The molecule has 0 amide bonds. The molecule has 0 atom stereocenters. The van der Waals surface area contributed by atoms with Crippen LogP contribution >= 0.6 is 0 Å². The fourth-order valence-electron chi connectivity index (χ4n) is 0. The van der Waals surface area contributed by atoms with Crippen LogP contribution in [-0.2, 0) is 0 Å². The van der Waals surface area contributed by atoms with Gasteiger partial charge in [-0.25, -0.2) is 0 Å². The predicted octanol–water partition coefficient (Wildman–Crippen LogP) is -1.12. The minimum absolute atomic E-state index is 0.620. The Morgan fingerprint density at radius 1 is 1.67 bits per heavy atom. The van der Waals surface area contributed by atoms with Crippen molar-refractivity contribution in [1.82, 2.24) is 0 Å². The highest BCUT2D eigenvalue weighted by atomic mass is 15.3. The lowest BCUT2D eigenvalue weighted by atomic mass is 10.7. The van der Waals surface area contributed by atoms with Gasteiger partial charge in [-0.3, -0.25) is 11.6 Å². The van der Waals surface area contributed by atoms with Crippen LogP contribution in [0.5, 0.6) is 0 Å². The molecule has 0 bridgehead atoms. The van der Waals surface area contributed by atoms with Crippen LogP contribution in [0, 0.1) is 0 Å². The van der Waals surface area contributed by atoms with E-state index >= 15 is 0 Å². The summed E-state index contributed by atoms with van der Waals surface area (Å²) in [7, 11) is 1.69. The van der Waals surface area contributed by atoms with Crippen molar-refractivity contribution in [3.05, 3.63) is 0 Å². The molecule has 6 heavy (non-hydrogen) atoms. The molecule has 36 valence electrons. The zero-order valence-electron chi connectivity index (χ0n) is 4.10. The first-order chi connectivity index (χ1) is 2.64. The summed E-state index contributed by atoms with van der Waals surface area (Å²) in [5, 5.41) is 0. The number of nitrogens with zero attached hydrogens (tertiary/aromatic N) is 1. The maximum absolute atomic E-state index is 5.15. The number of hydrogen-bond donors (Lipinski definition) is 2. The van der Waals surface area contributed by atoms with E-state index in [-0.39, 0.29) is 0 Å². The van der Waals surface area contributed by atoms with E-state index in [1.165, 1.54) is 4.68 Å². The number of amidine groups is 1. The van der Waals surface area contributed by atoms with E-state index in [1.54, 1.807) is 14.0 Å². The fourth-order valence-corrected chi connectivity index (χ4v) is 0. The van der Waals surface area contributed by atoms with Crippen LogP contribution in [0.15, 0.2) is 0 Å². The number of nitrogens with two attached hydrogens (primary N) is 2. The Labute approximate surface area is 37.2 Å². The number of rotatable bonds is 0. The fraction of sp³-hybridized carbons (Fsp3) is 0.667. The van der Waals surface area contributed by atoms with Gasteiger partial charge in [-0.2, -0.15) is 4.68 Å². The largest absolute Gasteiger partial charge is 0.290 e. The van der Waals surface area contributed by atoms with Crippen molar-refractivity contribution in [2.45, 2.75) is 6.92 Å². The van der Waals surface area contributed by atoms with Crippen molar-refractivity contribution in [2.75, 3.05) is 7.05 Å². The van der Waals surface area contributed by atoms with E-state index in [4.69, 9.17) is 11.6 Å². The zero-order chi connectivity index (χ0) is 5.15. The van der Waals surface area contributed by atoms with Crippen LogP contribution in [-0.4, -0.2) is 17.6 Å². The first-order valence-corrected chi connectivity index (χ1v) is 1.72. The average Bonchev–Trinajstić information content (AvgIpc) is 1.36. The van der Waals surface area contributed by atoms with Crippen molar-refractivity contribution in [2.24, 2.45) is 11.6 Å². The van der Waals surface area contributed by atoms with Gasteiger partial charge in [0.25, 0.3) is 5.84 Å². The van der Waals surface area contributed by atoms with Gasteiger partial charge in [0.05, 0.1) is 7.05 Å². The third-order valence-electron chi connectivity index (χ3n) is 0.556. The summed E-state index contributed by atoms with van der Waals surface area (Å²) in [6.07, 6.45) is 0. The maximum Gasteiger partial charge on any atom is 0.262 e. The molecule has 0 rings (SSSR count). The summed E-state index contributed by atoms with van der Waals surface area (Å²) in [6.45, 7) is 1.74. The van der Waals surface area contributed by atoms with Gasteiger partial charge in [0, 0.05) is 6.92 Å². The summed E-state index contributed by atoms with van der Waals surface area (Å²) < 4.78 is 1.36. The highest BCUT2D eigenvalue weighted by Crippen LogP contribution is 1.48. The average molecular weight is 88.1 g/mol. The normalized spacial score (nSPS) is 13.7. The third kappa shape index (κ3) is 1.58. The quantitative estimate of drug-likeness (QED) is 0.129. The van der Waals surface area contributed by atoms with Gasteiger partial charge < -0.3 is 0 Å². The Bertz CT molecular complexity index is 56.1. The van der Waals surface area contributed by atoms with E-state index in [2.05, 4.69) is 0 Å². The molecule has 0 aliphatic rings. The van der Waals surface area contributed by atoms with E-state index in [0.717, 1.165) is 0 Å². The van der Waals surface area contributed by atoms with E-state index < -0.39 is 0 Å². The molecule has 0 radical (unpaired) electrons.